The number of nitrogens with zero attached hydrogens (tertiary/aromatic N) is 4. The van der Waals surface area contributed by atoms with E-state index in [0.717, 1.165) is 25.9 Å². The summed E-state index contributed by atoms with van der Waals surface area (Å²) in [6.07, 6.45) is 1.78. The van der Waals surface area contributed by atoms with Crippen LogP contribution in [0.25, 0.3) is 0 Å². The Morgan fingerprint density at radius 2 is 2.00 bits per heavy atom. The molecular formula is C11H18N4O2. The van der Waals surface area contributed by atoms with E-state index in [1.807, 2.05) is 4.90 Å². The molecule has 1 aromatic heterocycles. The van der Waals surface area contributed by atoms with Crippen LogP contribution in [0.2, 0.25) is 0 Å². The minimum absolute atomic E-state index is 0.0742. The molecule has 0 radical (unpaired) electrons. The molecule has 2 heterocycles. The molecule has 0 saturated carbocycles. The number of urea groups is 1. The number of aryl methyl sites for hydroxylation is 1. The summed E-state index contributed by atoms with van der Waals surface area (Å²) in [4.78, 5) is 15.2. The third-order valence-electron chi connectivity index (χ3n) is 3.04. The van der Waals surface area contributed by atoms with Gasteiger partial charge in [-0.15, -0.1) is 10.2 Å². The highest BCUT2D eigenvalue weighted by atomic mass is 16.4. The van der Waals surface area contributed by atoms with Crippen LogP contribution in [0.3, 0.4) is 0 Å². The van der Waals surface area contributed by atoms with E-state index in [4.69, 9.17) is 4.42 Å². The Bertz CT molecular complexity index is 394. The summed E-state index contributed by atoms with van der Waals surface area (Å²) in [6.45, 7) is 3.30. The smallest absolute Gasteiger partial charge is 0.319 e. The van der Waals surface area contributed by atoms with Gasteiger partial charge in [0.2, 0.25) is 11.8 Å². The average molecular weight is 238 g/mol. The maximum absolute atomic E-state index is 11.7. The lowest BCUT2D eigenvalue weighted by Gasteiger charge is -2.32. The third-order valence-corrected chi connectivity index (χ3v) is 3.04. The van der Waals surface area contributed by atoms with Gasteiger partial charge in [0.15, 0.2) is 0 Å². The van der Waals surface area contributed by atoms with Crippen LogP contribution in [0.15, 0.2) is 4.42 Å². The van der Waals surface area contributed by atoms with Gasteiger partial charge in [-0.2, -0.15) is 0 Å². The van der Waals surface area contributed by atoms with E-state index in [1.54, 1.807) is 25.9 Å². The molecule has 0 bridgehead atoms. The van der Waals surface area contributed by atoms with Gasteiger partial charge in [-0.05, 0) is 12.8 Å². The zero-order valence-corrected chi connectivity index (χ0v) is 10.5. The van der Waals surface area contributed by atoms with Crippen LogP contribution >= 0.6 is 0 Å². The number of amides is 2. The van der Waals surface area contributed by atoms with E-state index in [0.29, 0.717) is 17.7 Å². The molecule has 0 aromatic carbocycles. The molecule has 1 saturated heterocycles. The zero-order chi connectivity index (χ0) is 12.4. The fourth-order valence-corrected chi connectivity index (χ4v) is 2.08. The summed E-state index contributed by atoms with van der Waals surface area (Å²) in [5, 5.41) is 7.88. The largest absolute Gasteiger partial charge is 0.425 e. The first kappa shape index (κ1) is 11.9. The molecule has 0 aliphatic carbocycles. The predicted octanol–water partition coefficient (Wildman–Crippen LogP) is 1.24. The van der Waals surface area contributed by atoms with Crippen LogP contribution < -0.4 is 0 Å². The van der Waals surface area contributed by atoms with Gasteiger partial charge in [-0.3, -0.25) is 0 Å². The van der Waals surface area contributed by atoms with Gasteiger partial charge < -0.3 is 14.2 Å². The number of aromatic nitrogens is 2. The molecule has 6 nitrogen and oxygen atoms in total. The van der Waals surface area contributed by atoms with Gasteiger partial charge in [0.1, 0.15) is 0 Å². The first-order valence-corrected chi connectivity index (χ1v) is 5.84. The molecule has 1 fully saturated rings. The number of hydrogen-bond acceptors (Lipinski definition) is 4. The zero-order valence-electron chi connectivity index (χ0n) is 10.5. The maximum atomic E-state index is 11.7. The van der Waals surface area contributed by atoms with Crippen molar-refractivity contribution in [2.75, 3.05) is 27.2 Å². The number of likely N-dealkylation sites (tertiary alicyclic amines) is 1. The standard InChI is InChI=1S/C11H18N4O2/c1-8-12-13-10(17-8)9-4-6-15(7-5-9)11(16)14(2)3/h9H,4-7H2,1-3H3. The summed E-state index contributed by atoms with van der Waals surface area (Å²) < 4.78 is 5.43. The fourth-order valence-electron chi connectivity index (χ4n) is 2.08. The molecular weight excluding hydrogens is 220 g/mol. The maximum Gasteiger partial charge on any atom is 0.319 e. The molecule has 1 aliphatic heterocycles. The Kier molecular flexibility index (Phi) is 3.31. The van der Waals surface area contributed by atoms with Crippen molar-refractivity contribution in [2.45, 2.75) is 25.7 Å². The van der Waals surface area contributed by atoms with Crippen molar-refractivity contribution in [3.8, 4) is 0 Å². The Labute approximate surface area is 101 Å². The third kappa shape index (κ3) is 2.57. The summed E-state index contributed by atoms with van der Waals surface area (Å²) in [5.74, 6) is 1.61. The lowest BCUT2D eigenvalue weighted by molar-refractivity contribution is 0.153. The Morgan fingerprint density at radius 3 is 2.47 bits per heavy atom. The second-order valence-corrected chi connectivity index (χ2v) is 4.60. The first-order chi connectivity index (χ1) is 8.08. The van der Waals surface area contributed by atoms with Crippen molar-refractivity contribution in [2.24, 2.45) is 0 Å². The number of carbonyl (C=O) groups excluding carboxylic acids is 1. The van der Waals surface area contributed by atoms with Gasteiger partial charge in [0.05, 0.1) is 0 Å². The molecule has 1 aromatic rings. The molecule has 0 spiro atoms. The number of carbonyl (C=O) groups is 1. The monoisotopic (exact) mass is 238 g/mol. The van der Waals surface area contributed by atoms with Crippen molar-refractivity contribution in [1.29, 1.82) is 0 Å². The second kappa shape index (κ2) is 4.73. The lowest BCUT2D eigenvalue weighted by Crippen LogP contribution is -2.43. The van der Waals surface area contributed by atoms with E-state index in [1.165, 1.54) is 0 Å². The highest BCUT2D eigenvalue weighted by Crippen LogP contribution is 2.27. The van der Waals surface area contributed by atoms with Crippen molar-refractivity contribution in [1.82, 2.24) is 20.0 Å². The van der Waals surface area contributed by atoms with Crippen LogP contribution in [0.4, 0.5) is 4.79 Å². The quantitative estimate of drug-likeness (QED) is 0.738. The summed E-state index contributed by atoms with van der Waals surface area (Å²) in [6, 6.07) is 0.0742. The topological polar surface area (TPSA) is 62.5 Å². The Balaban J connectivity index is 1.92. The van der Waals surface area contributed by atoms with Crippen LogP contribution in [0, 0.1) is 6.92 Å². The lowest BCUT2D eigenvalue weighted by atomic mass is 9.97. The first-order valence-electron chi connectivity index (χ1n) is 5.84. The Morgan fingerprint density at radius 1 is 1.35 bits per heavy atom. The molecule has 6 heteroatoms. The molecule has 0 unspecified atom stereocenters. The molecule has 0 atom stereocenters. The highest BCUT2D eigenvalue weighted by molar-refractivity contribution is 5.73. The van der Waals surface area contributed by atoms with Crippen LogP contribution in [-0.2, 0) is 0 Å². The molecule has 2 rings (SSSR count). The predicted molar refractivity (Wildman–Crippen MR) is 61.7 cm³/mol. The van der Waals surface area contributed by atoms with E-state index in [9.17, 15) is 4.79 Å². The molecule has 94 valence electrons. The molecule has 2 amide bonds. The number of rotatable bonds is 1. The van der Waals surface area contributed by atoms with E-state index < -0.39 is 0 Å². The average Bonchev–Trinajstić information content (AvgIpc) is 2.75. The van der Waals surface area contributed by atoms with Gasteiger partial charge in [-0.1, -0.05) is 0 Å². The van der Waals surface area contributed by atoms with Gasteiger partial charge in [0.25, 0.3) is 0 Å². The minimum atomic E-state index is 0.0742. The van der Waals surface area contributed by atoms with Crippen LogP contribution in [0.1, 0.15) is 30.5 Å². The van der Waals surface area contributed by atoms with Gasteiger partial charge in [0, 0.05) is 40.0 Å². The highest BCUT2D eigenvalue weighted by Gasteiger charge is 2.27. The van der Waals surface area contributed by atoms with Gasteiger partial charge >= 0.3 is 6.03 Å². The van der Waals surface area contributed by atoms with Crippen LogP contribution in [-0.4, -0.2) is 53.2 Å². The molecule has 0 N–H and O–H groups in total. The van der Waals surface area contributed by atoms with Gasteiger partial charge in [-0.25, -0.2) is 4.79 Å². The normalized spacial score (nSPS) is 17.2. The van der Waals surface area contributed by atoms with Crippen LogP contribution in [0.5, 0.6) is 0 Å². The van der Waals surface area contributed by atoms with E-state index in [-0.39, 0.29) is 6.03 Å². The summed E-state index contributed by atoms with van der Waals surface area (Å²) >= 11 is 0. The van der Waals surface area contributed by atoms with Crippen molar-refractivity contribution >= 4 is 6.03 Å². The Hall–Kier alpha value is -1.59. The van der Waals surface area contributed by atoms with E-state index >= 15 is 0 Å². The van der Waals surface area contributed by atoms with Crippen molar-refractivity contribution in [3.05, 3.63) is 11.8 Å². The summed E-state index contributed by atoms with van der Waals surface area (Å²) in [7, 11) is 3.55. The van der Waals surface area contributed by atoms with Crippen molar-refractivity contribution < 1.29 is 9.21 Å². The summed E-state index contributed by atoms with van der Waals surface area (Å²) in [5.41, 5.74) is 0. The van der Waals surface area contributed by atoms with E-state index in [2.05, 4.69) is 10.2 Å². The number of hydrogen-bond donors (Lipinski definition) is 0. The fraction of sp³-hybridized carbons (Fsp3) is 0.727. The SMILES string of the molecule is Cc1nnc(C2CCN(C(=O)N(C)C)CC2)o1. The minimum Gasteiger partial charge on any atom is -0.425 e. The molecule has 1 aliphatic rings. The molecule has 17 heavy (non-hydrogen) atoms. The van der Waals surface area contributed by atoms with Crippen molar-refractivity contribution in [3.63, 3.8) is 0 Å². The second-order valence-electron chi connectivity index (χ2n) is 4.60. The number of piperidine rings is 1.